The van der Waals surface area contributed by atoms with Gasteiger partial charge in [-0.05, 0) is 31.1 Å². The van der Waals surface area contributed by atoms with Crippen molar-refractivity contribution in [2.45, 2.75) is 51.0 Å². The van der Waals surface area contributed by atoms with Crippen LogP contribution in [0.1, 0.15) is 45.4 Å². The van der Waals surface area contributed by atoms with Crippen molar-refractivity contribution < 1.29 is 0 Å². The molecule has 2 nitrogen and oxygen atoms in total. The van der Waals surface area contributed by atoms with Gasteiger partial charge in [0.05, 0.1) is 0 Å². The van der Waals surface area contributed by atoms with Crippen LogP contribution in [0, 0.1) is 5.41 Å². The summed E-state index contributed by atoms with van der Waals surface area (Å²) in [6.45, 7) is 2.27. The van der Waals surface area contributed by atoms with E-state index in [-0.39, 0.29) is 0 Å². The highest BCUT2D eigenvalue weighted by atomic mass is 15.3. The maximum atomic E-state index is 5.44. The SMILES string of the molecule is CCCCC12CC(NN)(C1)C2. The normalized spacial score (nSPS) is 46.4. The van der Waals surface area contributed by atoms with Crippen LogP contribution in [-0.4, -0.2) is 5.54 Å². The molecule has 0 aromatic rings. The first kappa shape index (κ1) is 7.56. The topological polar surface area (TPSA) is 38.0 Å². The van der Waals surface area contributed by atoms with E-state index in [0.717, 1.165) is 5.41 Å². The largest absolute Gasteiger partial charge is 0.271 e. The first-order chi connectivity index (χ1) is 5.24. The van der Waals surface area contributed by atoms with Gasteiger partial charge in [-0.1, -0.05) is 19.8 Å². The highest BCUT2D eigenvalue weighted by molar-refractivity contribution is 5.21. The van der Waals surface area contributed by atoms with E-state index in [0.29, 0.717) is 5.54 Å². The van der Waals surface area contributed by atoms with E-state index >= 15 is 0 Å². The minimum Gasteiger partial charge on any atom is -0.271 e. The summed E-state index contributed by atoms with van der Waals surface area (Å²) in [6, 6.07) is 0. The Morgan fingerprint density at radius 3 is 2.45 bits per heavy atom. The van der Waals surface area contributed by atoms with E-state index in [4.69, 9.17) is 5.84 Å². The Balaban J connectivity index is 1.76. The summed E-state index contributed by atoms with van der Waals surface area (Å²) in [5, 5.41) is 0. The van der Waals surface area contributed by atoms with E-state index in [1.165, 1.54) is 38.5 Å². The average molecular weight is 154 g/mol. The summed E-state index contributed by atoms with van der Waals surface area (Å²) in [7, 11) is 0. The molecule has 3 aliphatic carbocycles. The molecule has 0 atom stereocenters. The van der Waals surface area contributed by atoms with Crippen molar-refractivity contribution in [1.29, 1.82) is 0 Å². The molecule has 0 amide bonds. The number of nitrogens with one attached hydrogen (secondary N) is 1. The van der Waals surface area contributed by atoms with Crippen LogP contribution < -0.4 is 11.3 Å². The number of nitrogens with two attached hydrogens (primary N) is 1. The van der Waals surface area contributed by atoms with Crippen LogP contribution in [0.5, 0.6) is 0 Å². The molecule has 3 N–H and O–H groups in total. The lowest BCUT2D eigenvalue weighted by atomic mass is 9.38. The molecule has 3 fully saturated rings. The molecular formula is C9H18N2. The summed E-state index contributed by atoms with van der Waals surface area (Å²) in [5.74, 6) is 5.44. The Kier molecular flexibility index (Phi) is 1.52. The maximum absolute atomic E-state index is 5.44. The van der Waals surface area contributed by atoms with E-state index < -0.39 is 0 Å². The molecule has 2 heteroatoms. The van der Waals surface area contributed by atoms with Gasteiger partial charge < -0.3 is 0 Å². The Hall–Kier alpha value is -0.0800. The van der Waals surface area contributed by atoms with Crippen molar-refractivity contribution in [3.8, 4) is 0 Å². The second-order valence-electron chi connectivity index (χ2n) is 4.56. The predicted molar refractivity (Wildman–Crippen MR) is 45.9 cm³/mol. The second kappa shape index (κ2) is 2.20. The van der Waals surface area contributed by atoms with Gasteiger partial charge in [-0.3, -0.25) is 11.3 Å². The van der Waals surface area contributed by atoms with E-state index in [1.54, 1.807) is 0 Å². The Bertz CT molecular complexity index is 139. The molecule has 3 rings (SSSR count). The Morgan fingerprint density at radius 1 is 1.36 bits per heavy atom. The molecule has 64 valence electrons. The third kappa shape index (κ3) is 0.926. The number of rotatable bonds is 4. The van der Waals surface area contributed by atoms with Crippen molar-refractivity contribution in [1.82, 2.24) is 5.43 Å². The molecule has 0 unspecified atom stereocenters. The van der Waals surface area contributed by atoms with Gasteiger partial charge in [-0.25, -0.2) is 0 Å². The van der Waals surface area contributed by atoms with Crippen LogP contribution in [0.4, 0.5) is 0 Å². The monoisotopic (exact) mass is 154 g/mol. The Morgan fingerprint density at radius 2 is 2.00 bits per heavy atom. The Labute approximate surface area is 68.5 Å². The summed E-state index contributed by atoms with van der Waals surface area (Å²) in [6.07, 6.45) is 8.21. The van der Waals surface area contributed by atoms with Crippen molar-refractivity contribution >= 4 is 0 Å². The van der Waals surface area contributed by atoms with Crippen LogP contribution in [-0.2, 0) is 0 Å². The van der Waals surface area contributed by atoms with Crippen molar-refractivity contribution in [2.75, 3.05) is 0 Å². The van der Waals surface area contributed by atoms with Gasteiger partial charge in [0.25, 0.3) is 0 Å². The zero-order chi connectivity index (χ0) is 7.95. The van der Waals surface area contributed by atoms with Crippen LogP contribution in [0.25, 0.3) is 0 Å². The zero-order valence-electron chi connectivity index (χ0n) is 7.32. The van der Waals surface area contributed by atoms with Crippen LogP contribution in [0.15, 0.2) is 0 Å². The fraction of sp³-hybridized carbons (Fsp3) is 1.00. The first-order valence-electron chi connectivity index (χ1n) is 4.72. The highest BCUT2D eigenvalue weighted by Gasteiger charge is 2.66. The number of unbranched alkanes of at least 4 members (excludes halogenated alkanes) is 1. The molecule has 0 aromatic heterocycles. The van der Waals surface area contributed by atoms with Crippen LogP contribution >= 0.6 is 0 Å². The summed E-state index contributed by atoms with van der Waals surface area (Å²) in [4.78, 5) is 0. The minimum absolute atomic E-state index is 0.397. The smallest absolute Gasteiger partial charge is 0.0337 e. The lowest BCUT2D eigenvalue weighted by Crippen LogP contribution is -2.75. The average Bonchev–Trinajstić information content (AvgIpc) is 1.83. The molecule has 0 saturated heterocycles. The van der Waals surface area contributed by atoms with Gasteiger partial charge in [0.2, 0.25) is 0 Å². The first-order valence-corrected chi connectivity index (χ1v) is 4.72. The molecule has 0 spiro atoms. The number of hydrazine groups is 1. The molecule has 3 aliphatic rings. The van der Waals surface area contributed by atoms with Gasteiger partial charge in [0.15, 0.2) is 0 Å². The third-order valence-electron chi connectivity index (χ3n) is 3.51. The van der Waals surface area contributed by atoms with Gasteiger partial charge in [-0.2, -0.15) is 0 Å². The van der Waals surface area contributed by atoms with Crippen LogP contribution in [0.3, 0.4) is 0 Å². The second-order valence-corrected chi connectivity index (χ2v) is 4.56. The fourth-order valence-electron chi connectivity index (χ4n) is 2.97. The minimum atomic E-state index is 0.397. The van der Waals surface area contributed by atoms with Crippen molar-refractivity contribution in [3.05, 3.63) is 0 Å². The number of hydrogen-bond acceptors (Lipinski definition) is 2. The highest BCUT2D eigenvalue weighted by Crippen LogP contribution is 2.68. The quantitative estimate of drug-likeness (QED) is 0.476. The number of hydrogen-bond donors (Lipinski definition) is 2. The fourth-order valence-corrected chi connectivity index (χ4v) is 2.97. The molecule has 2 bridgehead atoms. The lowest BCUT2D eigenvalue weighted by Gasteiger charge is -2.70. The summed E-state index contributed by atoms with van der Waals surface area (Å²) >= 11 is 0. The maximum Gasteiger partial charge on any atom is 0.0337 e. The van der Waals surface area contributed by atoms with E-state index in [2.05, 4.69) is 12.3 Å². The van der Waals surface area contributed by atoms with Crippen LogP contribution in [0.2, 0.25) is 0 Å². The van der Waals surface area contributed by atoms with Gasteiger partial charge >= 0.3 is 0 Å². The standard InChI is InChI=1S/C9H18N2/c1-2-3-4-8-5-9(6-8,7-8)11-10/h11H,2-7,10H2,1H3. The molecular weight excluding hydrogens is 136 g/mol. The van der Waals surface area contributed by atoms with Gasteiger partial charge in [0, 0.05) is 5.54 Å². The van der Waals surface area contributed by atoms with Gasteiger partial charge in [0.1, 0.15) is 0 Å². The van der Waals surface area contributed by atoms with Crippen molar-refractivity contribution in [2.24, 2.45) is 11.3 Å². The molecule has 0 heterocycles. The molecule has 3 saturated carbocycles. The molecule has 11 heavy (non-hydrogen) atoms. The molecule has 0 aliphatic heterocycles. The van der Waals surface area contributed by atoms with Crippen molar-refractivity contribution in [3.63, 3.8) is 0 Å². The third-order valence-corrected chi connectivity index (χ3v) is 3.51. The van der Waals surface area contributed by atoms with E-state index in [9.17, 15) is 0 Å². The molecule has 0 radical (unpaired) electrons. The summed E-state index contributed by atoms with van der Waals surface area (Å²) < 4.78 is 0. The lowest BCUT2D eigenvalue weighted by molar-refractivity contribution is -0.160. The zero-order valence-corrected chi connectivity index (χ0v) is 7.32. The summed E-state index contributed by atoms with van der Waals surface area (Å²) in [5.41, 5.74) is 4.08. The predicted octanol–water partition coefficient (Wildman–Crippen LogP) is 1.56. The molecule has 0 aromatic carbocycles. The van der Waals surface area contributed by atoms with Gasteiger partial charge in [-0.15, -0.1) is 0 Å². The van der Waals surface area contributed by atoms with E-state index in [1.807, 2.05) is 0 Å².